The topological polar surface area (TPSA) is 51.2 Å². The van der Waals surface area contributed by atoms with E-state index >= 15 is 0 Å². The van der Waals surface area contributed by atoms with E-state index in [9.17, 15) is 13.2 Å². The molecule has 0 radical (unpaired) electrons. The van der Waals surface area contributed by atoms with E-state index in [0.29, 0.717) is 0 Å². The van der Waals surface area contributed by atoms with Gasteiger partial charge in [0.25, 0.3) is 5.24 Å². The molecule has 0 aliphatic carbocycles. The number of halogens is 1. The van der Waals surface area contributed by atoms with Crippen molar-refractivity contribution in [2.75, 3.05) is 5.75 Å². The van der Waals surface area contributed by atoms with Crippen LogP contribution < -0.4 is 0 Å². The van der Waals surface area contributed by atoms with Crippen LogP contribution in [0.25, 0.3) is 0 Å². The molecule has 1 aromatic carbocycles. The van der Waals surface area contributed by atoms with Crippen LogP contribution in [0.4, 0.5) is 0 Å². The van der Waals surface area contributed by atoms with Crippen molar-refractivity contribution in [2.24, 2.45) is 0 Å². The maximum absolute atomic E-state index is 11.8. The molecule has 0 saturated heterocycles. The Bertz CT molecular complexity index is 575. The van der Waals surface area contributed by atoms with Crippen LogP contribution in [0.2, 0.25) is 0 Å². The smallest absolute Gasteiger partial charge is 0.252 e. The van der Waals surface area contributed by atoms with Gasteiger partial charge < -0.3 is 0 Å². The highest BCUT2D eigenvalue weighted by molar-refractivity contribution is 7.91. The Hall–Kier alpha value is -0.870. The summed E-state index contributed by atoms with van der Waals surface area (Å²) in [5, 5.41) is -0.616. The van der Waals surface area contributed by atoms with Crippen molar-refractivity contribution in [3.05, 3.63) is 28.8 Å². The first-order valence-corrected chi connectivity index (χ1v) is 6.93. The molecule has 16 heavy (non-hydrogen) atoms. The standard InChI is InChI=1S/C11H11ClO3S/c1-6-3-8-7(2)5-16(14,15)10(8)4-9(6)11(12)13/h3-4,7H,5H2,1-2H3. The summed E-state index contributed by atoms with van der Waals surface area (Å²) in [6.07, 6.45) is 0. The minimum absolute atomic E-state index is 0.0156. The van der Waals surface area contributed by atoms with Crippen LogP contribution in [0.1, 0.15) is 34.3 Å². The molecule has 0 N–H and O–H groups in total. The number of benzene rings is 1. The lowest BCUT2D eigenvalue weighted by molar-refractivity contribution is 0.108. The third kappa shape index (κ3) is 1.66. The first kappa shape index (κ1) is 11.6. The van der Waals surface area contributed by atoms with Crippen LogP contribution >= 0.6 is 11.6 Å². The van der Waals surface area contributed by atoms with Gasteiger partial charge in [-0.05, 0) is 41.6 Å². The van der Waals surface area contributed by atoms with Crippen LogP contribution in [0, 0.1) is 6.92 Å². The molecule has 0 bridgehead atoms. The van der Waals surface area contributed by atoms with Crippen molar-refractivity contribution in [3.8, 4) is 0 Å². The van der Waals surface area contributed by atoms with Gasteiger partial charge in [-0.2, -0.15) is 0 Å². The first-order valence-electron chi connectivity index (χ1n) is 4.90. The second-order valence-corrected chi connectivity index (χ2v) is 6.51. The number of rotatable bonds is 1. The lowest BCUT2D eigenvalue weighted by Crippen LogP contribution is -2.02. The summed E-state index contributed by atoms with van der Waals surface area (Å²) < 4.78 is 23.6. The maximum atomic E-state index is 11.8. The van der Waals surface area contributed by atoms with Gasteiger partial charge in [0.15, 0.2) is 9.84 Å². The zero-order valence-electron chi connectivity index (χ0n) is 8.95. The van der Waals surface area contributed by atoms with E-state index in [4.69, 9.17) is 11.6 Å². The van der Waals surface area contributed by atoms with Crippen molar-refractivity contribution < 1.29 is 13.2 Å². The first-order chi connectivity index (χ1) is 7.33. The van der Waals surface area contributed by atoms with E-state index in [1.807, 2.05) is 6.92 Å². The van der Waals surface area contributed by atoms with Gasteiger partial charge in [0, 0.05) is 5.56 Å². The van der Waals surface area contributed by atoms with Gasteiger partial charge in [-0.25, -0.2) is 8.42 Å². The monoisotopic (exact) mass is 258 g/mol. The summed E-state index contributed by atoms with van der Waals surface area (Å²) >= 11 is 5.41. The predicted octanol–water partition coefficient (Wildman–Crippen LogP) is 2.26. The second-order valence-electron chi connectivity index (χ2n) is 4.16. The van der Waals surface area contributed by atoms with Gasteiger partial charge in [-0.15, -0.1) is 0 Å². The average Bonchev–Trinajstić information content (AvgIpc) is 2.35. The van der Waals surface area contributed by atoms with Crippen LogP contribution in [-0.4, -0.2) is 19.4 Å². The number of fused-ring (bicyclic) bond motifs is 1. The van der Waals surface area contributed by atoms with Gasteiger partial charge in [0.05, 0.1) is 10.6 Å². The minimum atomic E-state index is -3.24. The summed E-state index contributed by atoms with van der Waals surface area (Å²) in [6, 6.07) is 3.15. The van der Waals surface area contributed by atoms with Crippen molar-refractivity contribution in [3.63, 3.8) is 0 Å². The number of carbonyl (C=O) groups excluding carboxylic acids is 1. The SMILES string of the molecule is Cc1cc2c(cc1C(=O)Cl)S(=O)(=O)CC2C. The van der Waals surface area contributed by atoms with E-state index in [-0.39, 0.29) is 22.1 Å². The van der Waals surface area contributed by atoms with Crippen LogP contribution in [0.15, 0.2) is 17.0 Å². The Morgan fingerprint density at radius 2 is 2.06 bits per heavy atom. The molecule has 1 heterocycles. The Morgan fingerprint density at radius 1 is 1.44 bits per heavy atom. The molecule has 1 aliphatic heterocycles. The quantitative estimate of drug-likeness (QED) is 0.726. The highest BCUT2D eigenvalue weighted by Crippen LogP contribution is 2.36. The molecule has 86 valence electrons. The molecular weight excluding hydrogens is 248 g/mol. The number of sulfone groups is 1. The fourth-order valence-electron chi connectivity index (χ4n) is 2.09. The zero-order valence-corrected chi connectivity index (χ0v) is 10.5. The summed E-state index contributed by atoms with van der Waals surface area (Å²) in [7, 11) is -3.24. The van der Waals surface area contributed by atoms with Crippen molar-refractivity contribution in [2.45, 2.75) is 24.7 Å². The Balaban J connectivity index is 2.76. The molecular formula is C11H11ClO3S. The molecule has 0 spiro atoms. The van der Waals surface area contributed by atoms with Crippen molar-refractivity contribution >= 4 is 26.7 Å². The normalized spacial score (nSPS) is 21.8. The Labute approximate surface area is 99.3 Å². The Morgan fingerprint density at radius 3 is 2.62 bits per heavy atom. The van der Waals surface area contributed by atoms with Crippen LogP contribution in [-0.2, 0) is 9.84 Å². The van der Waals surface area contributed by atoms with Crippen molar-refractivity contribution in [1.82, 2.24) is 0 Å². The fourth-order valence-corrected chi connectivity index (χ4v) is 4.22. The molecule has 1 aliphatic rings. The van der Waals surface area contributed by atoms with Crippen molar-refractivity contribution in [1.29, 1.82) is 0 Å². The third-order valence-electron chi connectivity index (χ3n) is 2.90. The zero-order chi connectivity index (χ0) is 12.1. The van der Waals surface area contributed by atoms with E-state index in [2.05, 4.69) is 0 Å². The molecule has 5 heteroatoms. The fraction of sp³-hybridized carbons (Fsp3) is 0.364. The van der Waals surface area contributed by atoms with Gasteiger partial charge in [0.1, 0.15) is 0 Å². The van der Waals surface area contributed by atoms with Gasteiger partial charge in [-0.3, -0.25) is 4.79 Å². The molecule has 0 amide bonds. The lowest BCUT2D eigenvalue weighted by Gasteiger charge is -2.06. The van der Waals surface area contributed by atoms with E-state index in [1.165, 1.54) is 6.07 Å². The van der Waals surface area contributed by atoms with E-state index in [0.717, 1.165) is 11.1 Å². The highest BCUT2D eigenvalue weighted by Gasteiger charge is 2.33. The molecule has 2 rings (SSSR count). The molecule has 1 atom stereocenters. The maximum Gasteiger partial charge on any atom is 0.252 e. The molecule has 3 nitrogen and oxygen atoms in total. The number of hydrogen-bond acceptors (Lipinski definition) is 3. The predicted molar refractivity (Wildman–Crippen MR) is 61.8 cm³/mol. The van der Waals surface area contributed by atoms with Gasteiger partial charge >= 0.3 is 0 Å². The number of aryl methyl sites for hydroxylation is 1. The summed E-state index contributed by atoms with van der Waals surface area (Å²) in [6.45, 7) is 3.62. The van der Waals surface area contributed by atoms with Gasteiger partial charge in [-0.1, -0.05) is 13.0 Å². The molecule has 1 aromatic rings. The summed E-state index contributed by atoms with van der Waals surface area (Å²) in [5.41, 5.74) is 1.79. The van der Waals surface area contributed by atoms with E-state index in [1.54, 1.807) is 13.0 Å². The molecule has 1 unspecified atom stereocenters. The lowest BCUT2D eigenvalue weighted by atomic mass is 9.98. The minimum Gasteiger partial charge on any atom is -0.276 e. The third-order valence-corrected chi connectivity index (χ3v) is 5.07. The second kappa shape index (κ2) is 3.57. The number of carbonyl (C=O) groups is 1. The summed E-state index contributed by atoms with van der Waals surface area (Å²) in [4.78, 5) is 11.4. The van der Waals surface area contributed by atoms with E-state index < -0.39 is 15.1 Å². The average molecular weight is 259 g/mol. The highest BCUT2D eigenvalue weighted by atomic mass is 35.5. The van der Waals surface area contributed by atoms with Gasteiger partial charge in [0.2, 0.25) is 0 Å². The summed E-state index contributed by atoms with van der Waals surface area (Å²) in [5.74, 6) is 0.0972. The van der Waals surface area contributed by atoms with Crippen LogP contribution in [0.3, 0.4) is 0 Å². The largest absolute Gasteiger partial charge is 0.276 e. The number of hydrogen-bond donors (Lipinski definition) is 0. The molecule has 0 aromatic heterocycles. The Kier molecular flexibility index (Phi) is 2.59. The van der Waals surface area contributed by atoms with Crippen LogP contribution in [0.5, 0.6) is 0 Å². The molecule has 0 saturated carbocycles. The molecule has 0 fully saturated rings.